The minimum absolute atomic E-state index is 0.506. The van der Waals surface area contributed by atoms with Gasteiger partial charge in [-0.15, -0.1) is 11.8 Å². The van der Waals surface area contributed by atoms with Gasteiger partial charge in [0.2, 0.25) is 0 Å². The number of pyridine rings is 1. The van der Waals surface area contributed by atoms with E-state index in [-0.39, 0.29) is 0 Å². The summed E-state index contributed by atoms with van der Waals surface area (Å²) in [5.74, 6) is 0.797. The first-order chi connectivity index (χ1) is 8.15. The molecule has 0 amide bonds. The average molecular weight is 285 g/mol. The van der Waals surface area contributed by atoms with Crippen LogP contribution in [0.2, 0.25) is 10.2 Å². The second kappa shape index (κ2) is 5.63. The van der Waals surface area contributed by atoms with Gasteiger partial charge < -0.3 is 5.73 Å². The van der Waals surface area contributed by atoms with Crippen LogP contribution in [0.3, 0.4) is 0 Å². The van der Waals surface area contributed by atoms with Crippen LogP contribution in [-0.4, -0.2) is 4.98 Å². The summed E-state index contributed by atoms with van der Waals surface area (Å²) in [4.78, 5) is 4.95. The first-order valence-corrected chi connectivity index (χ1v) is 6.67. The zero-order chi connectivity index (χ0) is 12.3. The van der Waals surface area contributed by atoms with Crippen LogP contribution in [0.5, 0.6) is 0 Å². The molecular weight excluding hydrogens is 275 g/mol. The van der Waals surface area contributed by atoms with Crippen molar-refractivity contribution in [1.82, 2.24) is 4.98 Å². The number of benzene rings is 1. The van der Waals surface area contributed by atoms with Gasteiger partial charge in [0, 0.05) is 22.5 Å². The summed E-state index contributed by atoms with van der Waals surface area (Å²) in [5.41, 5.74) is 7.42. The van der Waals surface area contributed by atoms with E-state index in [1.165, 1.54) is 0 Å². The molecule has 1 aromatic heterocycles. The molecule has 0 radical (unpaired) electrons. The van der Waals surface area contributed by atoms with Crippen molar-refractivity contribution in [2.24, 2.45) is 0 Å². The van der Waals surface area contributed by atoms with Crippen molar-refractivity contribution in [3.63, 3.8) is 0 Å². The number of nitrogens with two attached hydrogens (primary N) is 1. The molecule has 88 valence electrons. The monoisotopic (exact) mass is 284 g/mol. The van der Waals surface area contributed by atoms with Gasteiger partial charge in [0.15, 0.2) is 0 Å². The van der Waals surface area contributed by atoms with Crippen LogP contribution in [0, 0.1) is 0 Å². The highest BCUT2D eigenvalue weighted by molar-refractivity contribution is 7.98. The van der Waals surface area contributed by atoms with Gasteiger partial charge >= 0.3 is 0 Å². The van der Waals surface area contributed by atoms with Crippen molar-refractivity contribution in [2.75, 3.05) is 5.73 Å². The second-order valence-electron chi connectivity index (χ2n) is 3.47. The first kappa shape index (κ1) is 12.6. The highest BCUT2D eigenvalue weighted by atomic mass is 35.5. The maximum Gasteiger partial charge on any atom is 0.129 e. The molecule has 0 saturated carbocycles. The van der Waals surface area contributed by atoms with E-state index in [0.29, 0.717) is 15.9 Å². The number of nitrogen functional groups attached to an aromatic ring is 1. The van der Waals surface area contributed by atoms with Crippen molar-refractivity contribution in [2.45, 2.75) is 10.6 Å². The molecule has 0 atom stereocenters. The number of thioether (sulfide) groups is 1. The van der Waals surface area contributed by atoms with E-state index < -0.39 is 0 Å². The van der Waals surface area contributed by atoms with Crippen LogP contribution in [0.1, 0.15) is 5.56 Å². The van der Waals surface area contributed by atoms with E-state index in [4.69, 9.17) is 28.9 Å². The van der Waals surface area contributed by atoms with E-state index in [1.54, 1.807) is 24.0 Å². The molecule has 2 rings (SSSR count). The Hall–Kier alpha value is -0.900. The number of nitrogens with zero attached hydrogens (tertiary/aromatic N) is 1. The van der Waals surface area contributed by atoms with Gasteiger partial charge in [-0.2, -0.15) is 0 Å². The SMILES string of the molecule is Nc1ccc(SCc2ccnc(Cl)c2)c(Cl)c1. The summed E-state index contributed by atoms with van der Waals surface area (Å²) < 4.78 is 0. The lowest BCUT2D eigenvalue weighted by Crippen LogP contribution is -1.86. The van der Waals surface area contributed by atoms with E-state index in [9.17, 15) is 0 Å². The van der Waals surface area contributed by atoms with Crippen molar-refractivity contribution < 1.29 is 0 Å². The van der Waals surface area contributed by atoms with Gasteiger partial charge in [0.25, 0.3) is 0 Å². The van der Waals surface area contributed by atoms with E-state index in [1.807, 2.05) is 24.3 Å². The molecule has 0 aliphatic carbocycles. The predicted octanol–water partition coefficient (Wildman–Crippen LogP) is 4.26. The Labute approximate surface area is 114 Å². The first-order valence-electron chi connectivity index (χ1n) is 4.93. The predicted molar refractivity (Wildman–Crippen MR) is 74.7 cm³/mol. The van der Waals surface area contributed by atoms with Crippen LogP contribution in [0.4, 0.5) is 5.69 Å². The van der Waals surface area contributed by atoms with E-state index in [2.05, 4.69) is 4.98 Å². The minimum atomic E-state index is 0.506. The molecule has 1 aromatic carbocycles. The maximum atomic E-state index is 6.09. The van der Waals surface area contributed by atoms with Crippen LogP contribution in [0.25, 0.3) is 0 Å². The molecule has 0 spiro atoms. The molecule has 17 heavy (non-hydrogen) atoms. The zero-order valence-electron chi connectivity index (χ0n) is 8.86. The maximum absolute atomic E-state index is 6.09. The Balaban J connectivity index is 2.07. The number of halogens is 2. The molecule has 2 N–H and O–H groups in total. The molecule has 0 fully saturated rings. The van der Waals surface area contributed by atoms with Gasteiger partial charge in [-0.1, -0.05) is 23.2 Å². The summed E-state index contributed by atoms with van der Waals surface area (Å²) in [5, 5.41) is 1.18. The minimum Gasteiger partial charge on any atom is -0.399 e. The van der Waals surface area contributed by atoms with Gasteiger partial charge in [0.05, 0.1) is 5.02 Å². The summed E-state index contributed by atoms with van der Waals surface area (Å²) >= 11 is 13.5. The Morgan fingerprint density at radius 3 is 2.71 bits per heavy atom. The van der Waals surface area contributed by atoms with Crippen LogP contribution in [0.15, 0.2) is 41.4 Å². The summed E-state index contributed by atoms with van der Waals surface area (Å²) in [6.07, 6.45) is 1.70. The number of anilines is 1. The highest BCUT2D eigenvalue weighted by Crippen LogP contribution is 2.31. The Kier molecular flexibility index (Phi) is 4.15. The zero-order valence-corrected chi connectivity index (χ0v) is 11.2. The summed E-state index contributed by atoms with van der Waals surface area (Å²) in [7, 11) is 0. The number of hydrogen-bond acceptors (Lipinski definition) is 3. The molecule has 0 unspecified atom stereocenters. The number of aromatic nitrogens is 1. The molecule has 1 heterocycles. The van der Waals surface area contributed by atoms with E-state index in [0.717, 1.165) is 16.2 Å². The standard InChI is InChI=1S/C12H10Cl2N2S/c13-10-6-9(15)1-2-11(10)17-7-8-3-4-16-12(14)5-8/h1-6H,7,15H2. The fourth-order valence-electron chi connectivity index (χ4n) is 1.33. The normalized spacial score (nSPS) is 10.5. The lowest BCUT2D eigenvalue weighted by molar-refractivity contribution is 1.27. The Bertz CT molecular complexity index is 532. The van der Waals surface area contributed by atoms with Crippen LogP contribution in [-0.2, 0) is 5.75 Å². The van der Waals surface area contributed by atoms with Gasteiger partial charge in [-0.3, -0.25) is 0 Å². The smallest absolute Gasteiger partial charge is 0.129 e. The fraction of sp³-hybridized carbons (Fsp3) is 0.0833. The van der Waals surface area contributed by atoms with Crippen molar-refractivity contribution >= 4 is 40.7 Å². The third kappa shape index (κ3) is 3.53. The third-order valence-corrected chi connectivity index (χ3v) is 3.92. The molecule has 2 aromatic rings. The average Bonchev–Trinajstić information content (AvgIpc) is 2.28. The van der Waals surface area contributed by atoms with Gasteiger partial charge in [0.1, 0.15) is 5.15 Å². The molecular formula is C12H10Cl2N2S. The van der Waals surface area contributed by atoms with Crippen molar-refractivity contribution in [3.05, 3.63) is 52.3 Å². The van der Waals surface area contributed by atoms with Crippen LogP contribution >= 0.6 is 35.0 Å². The lowest BCUT2D eigenvalue weighted by Gasteiger charge is -2.05. The number of rotatable bonds is 3. The van der Waals surface area contributed by atoms with Crippen molar-refractivity contribution in [1.29, 1.82) is 0 Å². The lowest BCUT2D eigenvalue weighted by atomic mass is 10.3. The fourth-order valence-corrected chi connectivity index (χ4v) is 2.74. The third-order valence-electron chi connectivity index (χ3n) is 2.14. The number of hydrogen-bond donors (Lipinski definition) is 1. The molecule has 2 nitrogen and oxygen atoms in total. The molecule has 0 aliphatic rings. The second-order valence-corrected chi connectivity index (χ2v) is 5.28. The summed E-state index contributed by atoms with van der Waals surface area (Å²) in [6, 6.07) is 9.30. The Morgan fingerprint density at radius 2 is 2.00 bits per heavy atom. The van der Waals surface area contributed by atoms with E-state index >= 15 is 0 Å². The molecule has 5 heteroatoms. The van der Waals surface area contributed by atoms with Crippen molar-refractivity contribution in [3.8, 4) is 0 Å². The topological polar surface area (TPSA) is 38.9 Å². The van der Waals surface area contributed by atoms with Gasteiger partial charge in [-0.25, -0.2) is 4.98 Å². The van der Waals surface area contributed by atoms with Crippen LogP contribution < -0.4 is 5.73 Å². The highest BCUT2D eigenvalue weighted by Gasteiger charge is 2.02. The molecule has 0 saturated heterocycles. The Morgan fingerprint density at radius 1 is 1.18 bits per heavy atom. The molecule has 0 aliphatic heterocycles. The summed E-state index contributed by atoms with van der Waals surface area (Å²) in [6.45, 7) is 0. The quantitative estimate of drug-likeness (QED) is 0.520. The molecule has 0 bridgehead atoms. The largest absolute Gasteiger partial charge is 0.399 e. The van der Waals surface area contributed by atoms with Gasteiger partial charge in [-0.05, 0) is 35.9 Å².